The van der Waals surface area contributed by atoms with Crippen molar-refractivity contribution < 1.29 is 13.2 Å². The van der Waals surface area contributed by atoms with Gasteiger partial charge in [-0.2, -0.15) is 0 Å². The largest absolute Gasteiger partial charge is 0.497 e. The van der Waals surface area contributed by atoms with Crippen LogP contribution in [-0.4, -0.2) is 24.5 Å². The summed E-state index contributed by atoms with van der Waals surface area (Å²) >= 11 is 1.37. The van der Waals surface area contributed by atoms with E-state index in [1.54, 1.807) is 43.5 Å². The summed E-state index contributed by atoms with van der Waals surface area (Å²) in [5.74, 6) is 0.671. The number of thiazole rings is 1. The molecule has 0 atom stereocenters. The van der Waals surface area contributed by atoms with Gasteiger partial charge in [0.25, 0.3) is 10.0 Å². The monoisotopic (exact) mass is 372 g/mol. The summed E-state index contributed by atoms with van der Waals surface area (Å²) in [6, 6.07) is 12.2. The van der Waals surface area contributed by atoms with Gasteiger partial charge >= 0.3 is 0 Å². The smallest absolute Gasteiger partial charge is 0.269 e. The molecule has 0 bridgehead atoms. The molecule has 0 unspecified atom stereocenters. The van der Waals surface area contributed by atoms with E-state index < -0.39 is 10.0 Å². The van der Waals surface area contributed by atoms with Gasteiger partial charge in [0, 0.05) is 5.39 Å². The Morgan fingerprint density at radius 1 is 1.08 bits per heavy atom. The normalized spacial score (nSPS) is 12.1. The Bertz CT molecular complexity index is 1200. The minimum absolute atomic E-state index is 0.263. The Morgan fingerprint density at radius 3 is 2.48 bits per heavy atom. The van der Waals surface area contributed by atoms with Crippen molar-refractivity contribution in [3.8, 4) is 5.75 Å². The average Bonchev–Trinajstić information content (AvgIpc) is 3.09. The fourth-order valence-corrected chi connectivity index (χ4v) is 5.57. The number of aromatic nitrogens is 2. The minimum Gasteiger partial charge on any atom is -0.497 e. The zero-order chi connectivity index (χ0) is 17.8. The van der Waals surface area contributed by atoms with Gasteiger partial charge in [-0.05, 0) is 44.2 Å². The molecule has 2 aromatic heterocycles. The molecule has 0 saturated carbocycles. The number of fused-ring (bicyclic) bond motifs is 3. The molecule has 0 saturated heterocycles. The van der Waals surface area contributed by atoms with Crippen LogP contribution in [0.15, 0.2) is 47.4 Å². The molecular formula is C18H16N2O3S2. The first-order valence-corrected chi connectivity index (χ1v) is 9.95. The second-order valence-electron chi connectivity index (χ2n) is 5.85. The first kappa shape index (κ1) is 16.1. The van der Waals surface area contributed by atoms with E-state index in [1.165, 1.54) is 15.3 Å². The van der Waals surface area contributed by atoms with Gasteiger partial charge in [0.1, 0.15) is 16.1 Å². The van der Waals surface area contributed by atoms with E-state index in [-0.39, 0.29) is 4.90 Å². The molecule has 128 valence electrons. The predicted molar refractivity (Wildman–Crippen MR) is 100 cm³/mol. The van der Waals surface area contributed by atoms with Crippen molar-refractivity contribution in [2.24, 2.45) is 0 Å². The van der Waals surface area contributed by atoms with E-state index in [2.05, 4.69) is 4.98 Å². The van der Waals surface area contributed by atoms with Crippen LogP contribution in [0, 0.1) is 13.8 Å². The van der Waals surface area contributed by atoms with Crippen molar-refractivity contribution in [2.75, 3.05) is 7.11 Å². The number of nitrogens with zero attached hydrogens (tertiary/aromatic N) is 2. The van der Waals surface area contributed by atoms with Crippen molar-refractivity contribution in [3.05, 3.63) is 53.0 Å². The molecule has 2 aromatic carbocycles. The topological polar surface area (TPSA) is 61.2 Å². The highest BCUT2D eigenvalue weighted by Crippen LogP contribution is 2.37. The Labute approximate surface area is 149 Å². The van der Waals surface area contributed by atoms with Crippen LogP contribution in [0.2, 0.25) is 0 Å². The van der Waals surface area contributed by atoms with Crippen molar-refractivity contribution in [3.63, 3.8) is 0 Å². The van der Waals surface area contributed by atoms with E-state index in [0.717, 1.165) is 16.0 Å². The standard InChI is InChI=1S/C18H16N2O3S2/c1-11-4-7-14(8-5-11)25(21,22)20-16-9-6-13(23-3)10-15(16)17-18(20)24-12(2)19-17/h4-10H,1-3H3. The highest BCUT2D eigenvalue weighted by Gasteiger charge is 2.25. The Morgan fingerprint density at radius 2 is 1.80 bits per heavy atom. The van der Waals surface area contributed by atoms with E-state index in [1.807, 2.05) is 19.9 Å². The number of rotatable bonds is 3. The molecule has 4 aromatic rings. The summed E-state index contributed by atoms with van der Waals surface area (Å²) in [5.41, 5.74) is 2.31. The van der Waals surface area contributed by atoms with E-state index >= 15 is 0 Å². The number of aryl methyl sites for hydroxylation is 2. The van der Waals surface area contributed by atoms with Gasteiger partial charge in [0.05, 0.1) is 22.5 Å². The van der Waals surface area contributed by atoms with Gasteiger partial charge in [-0.15, -0.1) is 0 Å². The second kappa shape index (κ2) is 5.57. The second-order valence-corrected chi connectivity index (χ2v) is 8.82. The van der Waals surface area contributed by atoms with Crippen LogP contribution in [0.4, 0.5) is 0 Å². The highest BCUT2D eigenvalue weighted by atomic mass is 32.2. The number of ether oxygens (including phenoxy) is 1. The molecular weight excluding hydrogens is 356 g/mol. The van der Waals surface area contributed by atoms with Crippen molar-refractivity contribution in [1.82, 2.24) is 8.96 Å². The molecule has 0 N–H and O–H groups in total. The first-order chi connectivity index (χ1) is 11.9. The molecule has 0 aliphatic rings. The summed E-state index contributed by atoms with van der Waals surface area (Å²) in [6.45, 7) is 3.80. The molecule has 0 aliphatic heterocycles. The fraction of sp³-hybridized carbons (Fsp3) is 0.167. The Hall–Kier alpha value is -2.38. The van der Waals surface area contributed by atoms with Crippen molar-refractivity contribution in [1.29, 1.82) is 0 Å². The SMILES string of the molecule is COc1ccc2c(c1)c1nc(C)sc1n2S(=O)(=O)c1ccc(C)cc1. The lowest BCUT2D eigenvalue weighted by molar-refractivity contribution is 0.415. The Balaban J connectivity index is 2.10. The molecule has 25 heavy (non-hydrogen) atoms. The Kier molecular flexibility index (Phi) is 3.59. The number of benzene rings is 2. The quantitative estimate of drug-likeness (QED) is 0.543. The first-order valence-electron chi connectivity index (χ1n) is 7.69. The fourth-order valence-electron chi connectivity index (χ4n) is 2.90. The summed E-state index contributed by atoms with van der Waals surface area (Å²) in [7, 11) is -2.14. The lowest BCUT2D eigenvalue weighted by Crippen LogP contribution is -2.12. The predicted octanol–water partition coefficient (Wildman–Crippen LogP) is 4.11. The van der Waals surface area contributed by atoms with Gasteiger partial charge in [-0.1, -0.05) is 29.0 Å². The summed E-state index contributed by atoms with van der Waals surface area (Å²) in [6.07, 6.45) is 0. The third-order valence-electron chi connectivity index (χ3n) is 4.14. The molecule has 2 heterocycles. The maximum absolute atomic E-state index is 13.3. The lowest BCUT2D eigenvalue weighted by atomic mass is 10.2. The van der Waals surface area contributed by atoms with Crippen LogP contribution < -0.4 is 4.74 Å². The van der Waals surface area contributed by atoms with Crippen LogP contribution in [0.3, 0.4) is 0 Å². The van der Waals surface area contributed by atoms with Gasteiger partial charge in [-0.25, -0.2) is 17.4 Å². The summed E-state index contributed by atoms with van der Waals surface area (Å²) in [5, 5.41) is 1.59. The molecule has 5 nitrogen and oxygen atoms in total. The molecule has 4 rings (SSSR count). The minimum atomic E-state index is -3.73. The van der Waals surface area contributed by atoms with Gasteiger partial charge in [-0.3, -0.25) is 0 Å². The summed E-state index contributed by atoms with van der Waals surface area (Å²) < 4.78 is 33.3. The molecule has 0 aliphatic carbocycles. The van der Waals surface area contributed by atoms with Gasteiger partial charge < -0.3 is 4.74 Å². The lowest BCUT2D eigenvalue weighted by Gasteiger charge is -2.09. The zero-order valence-corrected chi connectivity index (χ0v) is 15.6. The van der Waals surface area contributed by atoms with Crippen LogP contribution in [-0.2, 0) is 10.0 Å². The summed E-state index contributed by atoms with van der Waals surface area (Å²) in [4.78, 5) is 5.43. The number of hydrogen-bond donors (Lipinski definition) is 0. The van der Waals surface area contributed by atoms with Crippen LogP contribution >= 0.6 is 11.3 Å². The van der Waals surface area contributed by atoms with E-state index in [9.17, 15) is 8.42 Å². The highest BCUT2D eigenvalue weighted by molar-refractivity contribution is 7.90. The average molecular weight is 372 g/mol. The maximum atomic E-state index is 13.3. The molecule has 7 heteroatoms. The van der Waals surface area contributed by atoms with Crippen molar-refractivity contribution in [2.45, 2.75) is 18.7 Å². The maximum Gasteiger partial charge on any atom is 0.269 e. The van der Waals surface area contributed by atoms with Crippen LogP contribution in [0.5, 0.6) is 5.75 Å². The van der Waals surface area contributed by atoms with E-state index in [0.29, 0.717) is 21.6 Å². The number of hydrogen-bond acceptors (Lipinski definition) is 5. The molecule has 0 spiro atoms. The van der Waals surface area contributed by atoms with Crippen LogP contribution in [0.25, 0.3) is 21.3 Å². The third-order valence-corrected chi connectivity index (χ3v) is 6.94. The van der Waals surface area contributed by atoms with Gasteiger partial charge in [0.15, 0.2) is 0 Å². The third kappa shape index (κ3) is 2.42. The molecule has 0 fully saturated rings. The van der Waals surface area contributed by atoms with Crippen molar-refractivity contribution >= 4 is 42.6 Å². The number of methoxy groups -OCH3 is 1. The zero-order valence-electron chi connectivity index (χ0n) is 14.0. The van der Waals surface area contributed by atoms with Gasteiger partial charge in [0.2, 0.25) is 0 Å². The van der Waals surface area contributed by atoms with E-state index in [4.69, 9.17) is 4.74 Å². The molecule has 0 amide bonds. The van der Waals surface area contributed by atoms with Crippen LogP contribution in [0.1, 0.15) is 10.6 Å². The molecule has 0 radical (unpaired) electrons.